The predicted molar refractivity (Wildman–Crippen MR) is 95.0 cm³/mol. The molecule has 0 bridgehead atoms. The van der Waals surface area contributed by atoms with Crippen LogP contribution in [0.1, 0.15) is 6.92 Å². The van der Waals surface area contributed by atoms with Crippen LogP contribution in [0.4, 0.5) is 25.8 Å². The quantitative estimate of drug-likeness (QED) is 0.707. The molecule has 0 heterocycles. The third kappa shape index (κ3) is 5.52. The number of rotatable bonds is 7. The lowest BCUT2D eigenvalue weighted by molar-refractivity contribution is -0.119. The summed E-state index contributed by atoms with van der Waals surface area (Å²) in [5.74, 6) is -2.69. The van der Waals surface area contributed by atoms with E-state index in [4.69, 9.17) is 4.74 Å². The molecule has 0 aromatic heterocycles. The first-order valence-corrected chi connectivity index (χ1v) is 7.80. The molecule has 0 saturated heterocycles. The zero-order valence-corrected chi connectivity index (χ0v) is 14.3. The van der Waals surface area contributed by atoms with Gasteiger partial charge < -0.3 is 20.7 Å². The van der Waals surface area contributed by atoms with Crippen LogP contribution in [0.15, 0.2) is 42.5 Å². The van der Waals surface area contributed by atoms with Crippen molar-refractivity contribution in [1.29, 1.82) is 0 Å². The van der Waals surface area contributed by atoms with Gasteiger partial charge in [0.1, 0.15) is 12.6 Å². The number of hydrogen-bond donors (Lipinski definition) is 3. The van der Waals surface area contributed by atoms with Crippen LogP contribution in [0, 0.1) is 11.6 Å². The van der Waals surface area contributed by atoms with Crippen molar-refractivity contribution in [2.75, 3.05) is 29.7 Å². The average molecular weight is 363 g/mol. The molecular weight excluding hydrogens is 344 g/mol. The van der Waals surface area contributed by atoms with E-state index in [1.54, 1.807) is 31.2 Å². The molecule has 0 saturated carbocycles. The van der Waals surface area contributed by atoms with Gasteiger partial charge in [0.2, 0.25) is 11.8 Å². The van der Waals surface area contributed by atoms with E-state index >= 15 is 0 Å². The van der Waals surface area contributed by atoms with Crippen LogP contribution in [-0.2, 0) is 14.3 Å². The summed E-state index contributed by atoms with van der Waals surface area (Å²) in [6.45, 7) is 1.59. The van der Waals surface area contributed by atoms with Crippen molar-refractivity contribution in [3.05, 3.63) is 54.1 Å². The predicted octanol–water partition coefficient (Wildman–Crippen LogP) is 2.99. The molecule has 6 nitrogen and oxygen atoms in total. The zero-order valence-electron chi connectivity index (χ0n) is 14.3. The van der Waals surface area contributed by atoms with Crippen molar-refractivity contribution in [1.82, 2.24) is 0 Å². The third-order valence-corrected chi connectivity index (χ3v) is 3.41. The maximum absolute atomic E-state index is 13.2. The van der Waals surface area contributed by atoms with E-state index in [2.05, 4.69) is 16.0 Å². The first kappa shape index (κ1) is 19.3. The molecule has 0 fully saturated rings. The summed E-state index contributed by atoms with van der Waals surface area (Å²) < 4.78 is 30.8. The van der Waals surface area contributed by atoms with Crippen LogP contribution in [0.5, 0.6) is 0 Å². The molecule has 0 spiro atoms. The summed E-state index contributed by atoms with van der Waals surface area (Å²) in [5.41, 5.74) is 1.41. The highest BCUT2D eigenvalue weighted by molar-refractivity contribution is 5.96. The van der Waals surface area contributed by atoms with E-state index in [9.17, 15) is 18.4 Å². The number of anilines is 3. The van der Waals surface area contributed by atoms with Crippen molar-refractivity contribution in [3.8, 4) is 0 Å². The van der Waals surface area contributed by atoms with Crippen molar-refractivity contribution in [2.45, 2.75) is 13.0 Å². The highest BCUT2D eigenvalue weighted by atomic mass is 19.2. The van der Waals surface area contributed by atoms with Crippen LogP contribution >= 0.6 is 0 Å². The Bertz CT molecular complexity index is 782. The van der Waals surface area contributed by atoms with E-state index in [-0.39, 0.29) is 18.2 Å². The number of carbonyl (C=O) groups is 2. The van der Waals surface area contributed by atoms with Gasteiger partial charge in [-0.05, 0) is 43.3 Å². The number of hydrogen-bond acceptors (Lipinski definition) is 4. The Morgan fingerprint density at radius 3 is 2.19 bits per heavy atom. The minimum atomic E-state index is -1.03. The van der Waals surface area contributed by atoms with Gasteiger partial charge in [-0.3, -0.25) is 9.59 Å². The fourth-order valence-electron chi connectivity index (χ4n) is 2.12. The lowest BCUT2D eigenvalue weighted by Crippen LogP contribution is -2.31. The Balaban J connectivity index is 1.91. The summed E-state index contributed by atoms with van der Waals surface area (Å²) in [4.78, 5) is 23.6. The number of nitrogens with one attached hydrogen (secondary N) is 3. The molecule has 1 atom stereocenters. The third-order valence-electron chi connectivity index (χ3n) is 3.41. The van der Waals surface area contributed by atoms with Crippen molar-refractivity contribution < 1.29 is 23.1 Å². The molecular formula is C18H19F2N3O3. The average Bonchev–Trinajstić information content (AvgIpc) is 2.60. The smallest absolute Gasteiger partial charge is 0.250 e. The molecule has 8 heteroatoms. The Morgan fingerprint density at radius 1 is 0.962 bits per heavy atom. The van der Waals surface area contributed by atoms with Crippen molar-refractivity contribution in [2.24, 2.45) is 0 Å². The van der Waals surface area contributed by atoms with Gasteiger partial charge >= 0.3 is 0 Å². The minimum Gasteiger partial charge on any atom is -0.375 e. The number of amides is 2. The summed E-state index contributed by atoms with van der Waals surface area (Å²) in [6, 6.07) is 9.26. The molecule has 2 aromatic carbocycles. The van der Waals surface area contributed by atoms with Gasteiger partial charge in [0.15, 0.2) is 11.6 Å². The fraction of sp³-hybridized carbons (Fsp3) is 0.222. The Kier molecular flexibility index (Phi) is 6.62. The molecule has 0 aliphatic rings. The second-order valence-corrected chi connectivity index (χ2v) is 5.54. The van der Waals surface area contributed by atoms with Crippen LogP contribution < -0.4 is 16.0 Å². The molecule has 0 aliphatic carbocycles. The fourth-order valence-corrected chi connectivity index (χ4v) is 2.12. The summed E-state index contributed by atoms with van der Waals surface area (Å²) in [7, 11) is 1.43. The Labute approximate surface area is 149 Å². The maximum atomic E-state index is 13.2. The zero-order chi connectivity index (χ0) is 19.1. The number of ether oxygens (including phenoxy) is 1. The van der Waals surface area contributed by atoms with E-state index in [1.807, 2.05) is 0 Å². The molecule has 2 amide bonds. The summed E-state index contributed by atoms with van der Waals surface area (Å²) in [6.07, 6.45) is 0. The standard InChI is InChI=1S/C18H19F2N3O3/c1-11(18(25)23-14-7-8-15(19)16(20)9-14)21-12-3-5-13(6-4-12)22-17(24)10-26-2/h3-9,11,21H,10H2,1-2H3,(H,22,24)(H,23,25). The van der Waals surface area contributed by atoms with Crippen LogP contribution in [0.25, 0.3) is 0 Å². The molecule has 2 rings (SSSR count). The second kappa shape index (κ2) is 8.91. The van der Waals surface area contributed by atoms with Crippen LogP contribution in [-0.4, -0.2) is 31.6 Å². The molecule has 1 unspecified atom stereocenters. The van der Waals surface area contributed by atoms with Crippen molar-refractivity contribution >= 4 is 28.9 Å². The van der Waals surface area contributed by atoms with Crippen LogP contribution in [0.2, 0.25) is 0 Å². The first-order valence-electron chi connectivity index (χ1n) is 7.80. The van der Waals surface area contributed by atoms with Gasteiger partial charge in [-0.15, -0.1) is 0 Å². The minimum absolute atomic E-state index is 0.0405. The number of methoxy groups -OCH3 is 1. The highest BCUT2D eigenvalue weighted by Gasteiger charge is 2.14. The lowest BCUT2D eigenvalue weighted by atomic mass is 10.2. The van der Waals surface area contributed by atoms with Gasteiger partial charge in [-0.25, -0.2) is 8.78 Å². The molecule has 138 valence electrons. The van der Waals surface area contributed by atoms with Gasteiger partial charge in [0, 0.05) is 30.2 Å². The number of benzene rings is 2. The summed E-state index contributed by atoms with van der Waals surface area (Å²) in [5, 5.41) is 8.13. The maximum Gasteiger partial charge on any atom is 0.250 e. The van der Waals surface area contributed by atoms with Gasteiger partial charge in [-0.1, -0.05) is 0 Å². The Morgan fingerprint density at radius 2 is 1.58 bits per heavy atom. The van der Waals surface area contributed by atoms with Crippen molar-refractivity contribution in [3.63, 3.8) is 0 Å². The molecule has 26 heavy (non-hydrogen) atoms. The van der Waals surface area contributed by atoms with Gasteiger partial charge in [0.05, 0.1) is 0 Å². The van der Waals surface area contributed by atoms with E-state index in [0.717, 1.165) is 12.1 Å². The molecule has 3 N–H and O–H groups in total. The summed E-state index contributed by atoms with van der Waals surface area (Å²) >= 11 is 0. The normalized spacial score (nSPS) is 11.5. The monoisotopic (exact) mass is 363 g/mol. The second-order valence-electron chi connectivity index (χ2n) is 5.54. The Hall–Kier alpha value is -3.00. The first-order chi connectivity index (χ1) is 12.4. The number of halogens is 2. The molecule has 0 aliphatic heterocycles. The van der Waals surface area contributed by atoms with E-state index < -0.39 is 23.6 Å². The van der Waals surface area contributed by atoms with Gasteiger partial charge in [0.25, 0.3) is 0 Å². The highest BCUT2D eigenvalue weighted by Crippen LogP contribution is 2.16. The largest absolute Gasteiger partial charge is 0.375 e. The van der Waals surface area contributed by atoms with Crippen LogP contribution in [0.3, 0.4) is 0 Å². The SMILES string of the molecule is COCC(=O)Nc1ccc(NC(C)C(=O)Nc2ccc(F)c(F)c2)cc1. The van der Waals surface area contributed by atoms with E-state index in [1.165, 1.54) is 13.2 Å². The molecule has 0 radical (unpaired) electrons. The van der Waals surface area contributed by atoms with Gasteiger partial charge in [-0.2, -0.15) is 0 Å². The molecule has 2 aromatic rings. The number of carbonyl (C=O) groups excluding carboxylic acids is 2. The van der Waals surface area contributed by atoms with E-state index in [0.29, 0.717) is 11.4 Å². The lowest BCUT2D eigenvalue weighted by Gasteiger charge is -2.16. The topological polar surface area (TPSA) is 79.5 Å².